The fourth-order valence-corrected chi connectivity index (χ4v) is 6.19. The molecule has 0 radical (unpaired) electrons. The number of hydrogen-bond donors (Lipinski definition) is 3. The number of hydrogen-bond acceptors (Lipinski definition) is 8. The molecular weight excluding hydrogens is 612 g/mol. The molecule has 2 aliphatic rings. The average molecular weight is 654 g/mol. The van der Waals surface area contributed by atoms with Gasteiger partial charge in [0, 0.05) is 42.1 Å². The Morgan fingerprint density at radius 3 is 2.33 bits per heavy atom. The molecule has 43 heavy (non-hydrogen) atoms. The number of halogens is 1. The standard InChI is InChI=1S/C31H41BrN8O3/c1-19-17-39(18-20(2)40(19)30(42)43-31(3,4)5)24-13-11-23(12-14-24)34-28-33-16-21-15-25(32)27(36-26(21)37-28)38-29(41)35-22-9-7-6-8-10-22/h11-16,19-20,22H,6-10,17-18H2,1-5H3,(H3,33,34,35,36,37,38,41). The van der Waals surface area contributed by atoms with E-state index in [9.17, 15) is 9.59 Å². The molecule has 11 nitrogen and oxygen atoms in total. The van der Waals surface area contributed by atoms with Crippen molar-refractivity contribution in [2.75, 3.05) is 28.6 Å². The van der Waals surface area contributed by atoms with Crippen molar-refractivity contribution in [2.24, 2.45) is 0 Å². The van der Waals surface area contributed by atoms with E-state index in [0.29, 0.717) is 35.0 Å². The smallest absolute Gasteiger partial charge is 0.410 e. The Hall–Kier alpha value is -3.67. The van der Waals surface area contributed by atoms with Crippen LogP contribution in [0.1, 0.15) is 66.7 Å². The third kappa shape index (κ3) is 7.84. The molecule has 1 aromatic carbocycles. The highest BCUT2D eigenvalue weighted by Gasteiger charge is 2.35. The lowest BCUT2D eigenvalue weighted by Gasteiger charge is -2.45. The van der Waals surface area contributed by atoms with E-state index in [0.717, 1.165) is 42.4 Å². The second-order valence-corrected chi connectivity index (χ2v) is 13.4. The van der Waals surface area contributed by atoms with E-state index in [1.165, 1.54) is 6.42 Å². The molecule has 12 heteroatoms. The topological polar surface area (TPSA) is 125 Å². The first-order valence-corrected chi connectivity index (χ1v) is 15.8. The van der Waals surface area contributed by atoms with Crippen LogP contribution in [-0.2, 0) is 4.74 Å². The van der Waals surface area contributed by atoms with Gasteiger partial charge in [0.1, 0.15) is 5.60 Å². The van der Waals surface area contributed by atoms with Gasteiger partial charge in [-0.1, -0.05) is 19.3 Å². The molecule has 2 atom stereocenters. The maximum atomic E-state index is 12.8. The van der Waals surface area contributed by atoms with Gasteiger partial charge < -0.3 is 20.3 Å². The Balaban J connectivity index is 1.22. The van der Waals surface area contributed by atoms with E-state index in [2.05, 4.69) is 65.6 Å². The number of rotatable bonds is 5. The number of aromatic nitrogens is 3. The molecule has 230 valence electrons. The van der Waals surface area contributed by atoms with Crippen LogP contribution in [0.5, 0.6) is 0 Å². The molecule has 3 N–H and O–H groups in total. The summed E-state index contributed by atoms with van der Waals surface area (Å²) in [6.07, 6.45) is 6.96. The summed E-state index contributed by atoms with van der Waals surface area (Å²) in [5.41, 5.74) is 1.85. The minimum absolute atomic E-state index is 0.00709. The SMILES string of the molecule is CC1CN(c2ccc(Nc3ncc4cc(Br)c(NC(=O)NC5CCCCC5)nc4n3)cc2)CC(C)N1C(=O)OC(C)(C)C. The molecule has 0 bridgehead atoms. The zero-order valence-corrected chi connectivity index (χ0v) is 27.1. The van der Waals surface area contributed by atoms with Crippen LogP contribution in [0.3, 0.4) is 0 Å². The van der Waals surface area contributed by atoms with Crippen molar-refractivity contribution in [3.63, 3.8) is 0 Å². The summed E-state index contributed by atoms with van der Waals surface area (Å²) < 4.78 is 6.30. The number of carbonyl (C=O) groups excluding carboxylic acids is 2. The van der Waals surface area contributed by atoms with Crippen molar-refractivity contribution < 1.29 is 14.3 Å². The lowest BCUT2D eigenvalue weighted by atomic mass is 9.96. The van der Waals surface area contributed by atoms with Crippen molar-refractivity contribution in [3.05, 3.63) is 41.0 Å². The van der Waals surface area contributed by atoms with Gasteiger partial charge in [0.25, 0.3) is 0 Å². The highest BCUT2D eigenvalue weighted by Crippen LogP contribution is 2.28. The number of nitrogens with one attached hydrogen (secondary N) is 3. The van der Waals surface area contributed by atoms with Crippen molar-refractivity contribution in [1.29, 1.82) is 0 Å². The molecule has 1 saturated carbocycles. The first-order chi connectivity index (χ1) is 20.4. The Morgan fingerprint density at radius 1 is 1.00 bits per heavy atom. The summed E-state index contributed by atoms with van der Waals surface area (Å²) in [6, 6.07) is 9.87. The summed E-state index contributed by atoms with van der Waals surface area (Å²) in [6.45, 7) is 11.2. The highest BCUT2D eigenvalue weighted by atomic mass is 79.9. The summed E-state index contributed by atoms with van der Waals surface area (Å²) in [5, 5.41) is 9.92. The van der Waals surface area contributed by atoms with Crippen LogP contribution in [0.15, 0.2) is 41.0 Å². The first-order valence-electron chi connectivity index (χ1n) is 15.0. The molecule has 2 aromatic heterocycles. The van der Waals surface area contributed by atoms with E-state index in [1.54, 1.807) is 6.20 Å². The third-order valence-electron chi connectivity index (χ3n) is 7.71. The predicted octanol–water partition coefficient (Wildman–Crippen LogP) is 6.82. The number of pyridine rings is 1. The molecular formula is C31H41BrN8O3. The molecule has 3 amide bonds. The quantitative estimate of drug-likeness (QED) is 0.274. The average Bonchev–Trinajstić information content (AvgIpc) is 2.93. The monoisotopic (exact) mass is 652 g/mol. The molecule has 5 rings (SSSR count). The molecule has 1 aliphatic carbocycles. The number of fused-ring (bicyclic) bond motifs is 1. The van der Waals surface area contributed by atoms with Crippen LogP contribution in [-0.4, -0.2) is 68.8 Å². The Bertz CT molecular complexity index is 1440. The van der Waals surface area contributed by atoms with E-state index < -0.39 is 5.60 Å². The van der Waals surface area contributed by atoms with E-state index in [1.807, 2.05) is 56.0 Å². The Kier molecular flexibility index (Phi) is 9.24. The normalized spacial score (nSPS) is 19.7. The van der Waals surface area contributed by atoms with Crippen molar-refractivity contribution in [2.45, 2.75) is 90.4 Å². The van der Waals surface area contributed by atoms with Gasteiger partial charge in [0.2, 0.25) is 5.95 Å². The molecule has 1 saturated heterocycles. The van der Waals surface area contributed by atoms with Crippen molar-refractivity contribution in [1.82, 2.24) is 25.2 Å². The van der Waals surface area contributed by atoms with Gasteiger partial charge in [0.15, 0.2) is 11.5 Å². The third-order valence-corrected chi connectivity index (χ3v) is 8.31. The minimum Gasteiger partial charge on any atom is -0.444 e. The molecule has 2 unspecified atom stereocenters. The zero-order valence-electron chi connectivity index (χ0n) is 25.5. The summed E-state index contributed by atoms with van der Waals surface area (Å²) in [7, 11) is 0. The summed E-state index contributed by atoms with van der Waals surface area (Å²) in [4.78, 5) is 43.1. The van der Waals surface area contributed by atoms with Crippen LogP contribution in [0.4, 0.5) is 32.7 Å². The van der Waals surface area contributed by atoms with Gasteiger partial charge >= 0.3 is 12.1 Å². The van der Waals surface area contributed by atoms with Crippen molar-refractivity contribution in [3.8, 4) is 0 Å². The number of anilines is 4. The molecule has 1 aliphatic heterocycles. The zero-order chi connectivity index (χ0) is 30.7. The maximum absolute atomic E-state index is 12.8. The predicted molar refractivity (Wildman–Crippen MR) is 173 cm³/mol. The van der Waals surface area contributed by atoms with E-state index in [-0.39, 0.29) is 30.2 Å². The lowest BCUT2D eigenvalue weighted by Crippen LogP contribution is -2.59. The van der Waals surface area contributed by atoms with Gasteiger partial charge in [-0.25, -0.2) is 19.6 Å². The number of urea groups is 1. The molecule has 3 aromatic rings. The number of carbonyl (C=O) groups is 2. The number of nitrogens with zero attached hydrogens (tertiary/aromatic N) is 5. The minimum atomic E-state index is -0.526. The van der Waals surface area contributed by atoms with Gasteiger partial charge in [0.05, 0.1) is 16.6 Å². The van der Waals surface area contributed by atoms with Crippen LogP contribution in [0.2, 0.25) is 0 Å². The summed E-state index contributed by atoms with van der Waals surface area (Å²) >= 11 is 3.51. The molecule has 2 fully saturated rings. The lowest BCUT2D eigenvalue weighted by molar-refractivity contribution is 0.00565. The van der Waals surface area contributed by atoms with E-state index in [4.69, 9.17) is 4.74 Å². The summed E-state index contributed by atoms with van der Waals surface area (Å²) in [5.74, 6) is 0.811. The van der Waals surface area contributed by atoms with Gasteiger partial charge in [-0.05, 0) is 93.7 Å². The van der Waals surface area contributed by atoms with Gasteiger partial charge in [-0.15, -0.1) is 0 Å². The fraction of sp³-hybridized carbons (Fsp3) is 0.516. The first kappa shape index (κ1) is 30.8. The van der Waals surface area contributed by atoms with Crippen LogP contribution in [0.25, 0.3) is 11.0 Å². The number of ether oxygens (including phenoxy) is 1. The second-order valence-electron chi connectivity index (χ2n) is 12.5. The largest absolute Gasteiger partial charge is 0.444 e. The number of amides is 3. The van der Waals surface area contributed by atoms with Crippen LogP contribution < -0.4 is 20.9 Å². The Morgan fingerprint density at radius 2 is 1.67 bits per heavy atom. The van der Waals surface area contributed by atoms with Gasteiger partial charge in [-0.2, -0.15) is 4.98 Å². The second kappa shape index (κ2) is 12.9. The van der Waals surface area contributed by atoms with Crippen LogP contribution >= 0.6 is 15.9 Å². The Labute approximate surface area is 261 Å². The van der Waals surface area contributed by atoms with Crippen LogP contribution in [0, 0.1) is 0 Å². The van der Waals surface area contributed by atoms with Gasteiger partial charge in [-0.3, -0.25) is 10.2 Å². The number of piperazine rings is 1. The maximum Gasteiger partial charge on any atom is 0.410 e. The fourth-order valence-electron chi connectivity index (χ4n) is 5.75. The molecule has 0 spiro atoms. The number of benzene rings is 1. The van der Waals surface area contributed by atoms with E-state index >= 15 is 0 Å². The highest BCUT2D eigenvalue weighted by molar-refractivity contribution is 9.10. The molecule has 3 heterocycles. The van der Waals surface area contributed by atoms with Crippen molar-refractivity contribution >= 4 is 62.2 Å².